The second kappa shape index (κ2) is 11.4. The maximum Gasteiger partial charge on any atom is 0.305 e. The molecule has 0 fully saturated rings. The summed E-state index contributed by atoms with van der Waals surface area (Å²) in [6, 6.07) is 12.7. The normalized spacial score (nSPS) is 12.0. The van der Waals surface area contributed by atoms with Crippen molar-refractivity contribution in [1.82, 2.24) is 9.78 Å². The van der Waals surface area contributed by atoms with Gasteiger partial charge in [-0.05, 0) is 49.2 Å². The minimum Gasteiger partial charge on any atom is -0.463 e. The third-order valence-corrected chi connectivity index (χ3v) is 5.33. The highest BCUT2D eigenvalue weighted by molar-refractivity contribution is 5.97. The largest absolute Gasteiger partial charge is 0.463 e. The first-order valence-corrected chi connectivity index (χ1v) is 11.2. The molecule has 0 radical (unpaired) electrons. The number of carbonyl (C=O) groups excluding carboxylic acids is 2. The molecule has 170 valence electrons. The number of aryl methyl sites for hydroxylation is 1. The zero-order valence-electron chi connectivity index (χ0n) is 18.8. The van der Waals surface area contributed by atoms with Gasteiger partial charge in [-0.2, -0.15) is 5.10 Å². The van der Waals surface area contributed by atoms with E-state index < -0.39 is 11.9 Å². The number of hydrogen-bond donors (Lipinski definition) is 2. The first-order valence-electron chi connectivity index (χ1n) is 11.2. The van der Waals surface area contributed by atoms with Gasteiger partial charge in [-0.25, -0.2) is 4.68 Å². The number of unbranched alkanes of at least 4 members (excludes halogenated alkanes) is 4. The van der Waals surface area contributed by atoms with Gasteiger partial charge in [0.25, 0.3) is 0 Å². The van der Waals surface area contributed by atoms with Gasteiger partial charge in [-0.15, -0.1) is 0 Å². The Balaban J connectivity index is 1.56. The van der Waals surface area contributed by atoms with Gasteiger partial charge in [-0.1, -0.05) is 44.7 Å². The van der Waals surface area contributed by atoms with Gasteiger partial charge in [0.05, 0.1) is 17.4 Å². The van der Waals surface area contributed by atoms with Crippen molar-refractivity contribution in [3.8, 4) is 5.69 Å². The van der Waals surface area contributed by atoms with Crippen LogP contribution >= 0.6 is 0 Å². The first kappa shape index (κ1) is 23.5. The molecule has 1 aromatic heterocycles. The zero-order chi connectivity index (χ0) is 22.9. The van der Waals surface area contributed by atoms with E-state index in [0.29, 0.717) is 12.1 Å². The Bertz CT molecular complexity index is 1060. The number of nitrogens with zero attached hydrogens (tertiary/aromatic N) is 2. The Labute approximate surface area is 188 Å². The van der Waals surface area contributed by atoms with Crippen molar-refractivity contribution >= 4 is 28.5 Å². The molecule has 3 rings (SSSR count). The number of nitrogens with one attached hydrogen (secondary N) is 1. The van der Waals surface area contributed by atoms with Crippen LogP contribution in [0.25, 0.3) is 16.6 Å². The minimum atomic E-state index is -0.934. The van der Waals surface area contributed by atoms with Crippen molar-refractivity contribution in [2.45, 2.75) is 58.4 Å². The van der Waals surface area contributed by atoms with E-state index in [-0.39, 0.29) is 12.6 Å². The predicted molar refractivity (Wildman–Crippen MR) is 127 cm³/mol. The van der Waals surface area contributed by atoms with Crippen molar-refractivity contribution in [3.05, 3.63) is 54.2 Å². The number of aromatic nitrogens is 2. The fourth-order valence-electron chi connectivity index (χ4n) is 3.50. The summed E-state index contributed by atoms with van der Waals surface area (Å²) >= 11 is 0. The van der Waals surface area contributed by atoms with Crippen LogP contribution in [0.3, 0.4) is 0 Å². The quantitative estimate of drug-likeness (QED) is 0.340. The van der Waals surface area contributed by atoms with Crippen molar-refractivity contribution in [1.29, 1.82) is 0 Å². The highest BCUT2D eigenvalue weighted by atomic mass is 16.5. The van der Waals surface area contributed by atoms with Gasteiger partial charge < -0.3 is 15.8 Å². The molecule has 1 atom stereocenters. The lowest BCUT2D eigenvalue weighted by Gasteiger charge is -2.13. The number of ether oxygens (including phenoxy) is 1. The highest BCUT2D eigenvalue weighted by Gasteiger charge is 2.17. The van der Waals surface area contributed by atoms with Crippen LogP contribution in [0.4, 0.5) is 5.69 Å². The number of amides is 1. The van der Waals surface area contributed by atoms with Gasteiger partial charge in [0.15, 0.2) is 0 Å². The summed E-state index contributed by atoms with van der Waals surface area (Å²) in [5, 5.41) is 8.24. The number of anilines is 1. The Morgan fingerprint density at radius 2 is 1.94 bits per heavy atom. The third-order valence-electron chi connectivity index (χ3n) is 5.33. The van der Waals surface area contributed by atoms with Crippen LogP contribution in [0, 0.1) is 6.92 Å². The molecule has 0 aliphatic carbocycles. The molecule has 1 amide bonds. The molecule has 0 aliphatic heterocycles. The van der Waals surface area contributed by atoms with E-state index in [4.69, 9.17) is 10.5 Å². The zero-order valence-corrected chi connectivity index (χ0v) is 18.8. The van der Waals surface area contributed by atoms with E-state index in [1.54, 1.807) is 12.3 Å². The fraction of sp³-hybridized carbons (Fsp3) is 0.400. The smallest absolute Gasteiger partial charge is 0.305 e. The van der Waals surface area contributed by atoms with Crippen LogP contribution in [-0.2, 0) is 14.3 Å². The summed E-state index contributed by atoms with van der Waals surface area (Å²) in [6.07, 6.45) is 7.42. The summed E-state index contributed by atoms with van der Waals surface area (Å²) in [6.45, 7) is 4.04. The molecule has 0 spiro atoms. The number of benzene rings is 2. The monoisotopic (exact) mass is 436 g/mol. The second-order valence-corrected chi connectivity index (χ2v) is 8.11. The maximum atomic E-state index is 12.5. The Morgan fingerprint density at radius 3 is 2.72 bits per heavy atom. The molecular weight excluding hydrogens is 404 g/mol. The van der Waals surface area contributed by atoms with Crippen LogP contribution in [0.1, 0.15) is 51.0 Å². The Morgan fingerprint density at radius 1 is 1.12 bits per heavy atom. The summed E-state index contributed by atoms with van der Waals surface area (Å²) in [5.74, 6) is -0.713. The average Bonchev–Trinajstić information content (AvgIpc) is 3.20. The van der Waals surface area contributed by atoms with Gasteiger partial charge in [0.2, 0.25) is 5.91 Å². The summed E-state index contributed by atoms with van der Waals surface area (Å²) in [5.41, 5.74) is 9.49. The molecule has 3 aromatic rings. The lowest BCUT2D eigenvalue weighted by Crippen LogP contribution is -2.40. The fourth-order valence-corrected chi connectivity index (χ4v) is 3.50. The van der Waals surface area contributed by atoms with E-state index in [1.807, 2.05) is 48.0 Å². The summed E-state index contributed by atoms with van der Waals surface area (Å²) < 4.78 is 7.01. The van der Waals surface area contributed by atoms with Gasteiger partial charge in [-0.3, -0.25) is 9.59 Å². The van der Waals surface area contributed by atoms with Crippen molar-refractivity contribution < 1.29 is 14.3 Å². The summed E-state index contributed by atoms with van der Waals surface area (Å²) in [7, 11) is 0. The predicted octanol–water partition coefficient (Wildman–Crippen LogP) is 4.50. The molecule has 0 saturated heterocycles. The van der Waals surface area contributed by atoms with Crippen LogP contribution in [0.15, 0.2) is 48.7 Å². The molecule has 7 nitrogen and oxygen atoms in total. The van der Waals surface area contributed by atoms with Gasteiger partial charge in [0.1, 0.15) is 12.6 Å². The molecule has 1 heterocycles. The van der Waals surface area contributed by atoms with Gasteiger partial charge >= 0.3 is 5.97 Å². The van der Waals surface area contributed by atoms with E-state index >= 15 is 0 Å². The Hall–Kier alpha value is -3.19. The minimum absolute atomic E-state index is 0.136. The van der Waals surface area contributed by atoms with Crippen molar-refractivity contribution in [2.75, 3.05) is 11.9 Å². The topological polar surface area (TPSA) is 99.2 Å². The van der Waals surface area contributed by atoms with Crippen LogP contribution in [-0.4, -0.2) is 34.3 Å². The number of fused-ring (bicyclic) bond motifs is 1. The molecule has 1 unspecified atom stereocenters. The molecule has 0 aliphatic rings. The third kappa shape index (κ3) is 6.40. The molecule has 0 saturated carbocycles. The number of nitrogens with two attached hydrogens (primary N) is 1. The molecule has 32 heavy (non-hydrogen) atoms. The van der Waals surface area contributed by atoms with Crippen LogP contribution < -0.4 is 11.1 Å². The Kier molecular flexibility index (Phi) is 8.39. The van der Waals surface area contributed by atoms with E-state index in [9.17, 15) is 9.59 Å². The van der Waals surface area contributed by atoms with Crippen molar-refractivity contribution in [3.63, 3.8) is 0 Å². The number of esters is 1. The average molecular weight is 437 g/mol. The molecule has 0 bridgehead atoms. The first-order chi connectivity index (χ1) is 15.5. The van der Waals surface area contributed by atoms with Crippen LogP contribution in [0.5, 0.6) is 0 Å². The summed E-state index contributed by atoms with van der Waals surface area (Å²) in [4.78, 5) is 24.3. The molecule has 7 heteroatoms. The number of rotatable bonds is 11. The van der Waals surface area contributed by atoms with E-state index in [0.717, 1.165) is 47.8 Å². The molecular formula is C25H32N4O3. The molecule has 2 aromatic carbocycles. The number of hydrogen-bond acceptors (Lipinski definition) is 5. The highest BCUT2D eigenvalue weighted by Crippen LogP contribution is 2.22. The second-order valence-electron chi connectivity index (χ2n) is 8.11. The molecule has 3 N–H and O–H groups in total. The maximum absolute atomic E-state index is 12.5. The van der Waals surface area contributed by atoms with Crippen LogP contribution in [0.2, 0.25) is 0 Å². The lowest BCUT2D eigenvalue weighted by molar-refractivity contribution is -0.144. The van der Waals surface area contributed by atoms with Crippen molar-refractivity contribution in [2.24, 2.45) is 5.73 Å². The number of carbonyl (C=O) groups is 2. The van der Waals surface area contributed by atoms with E-state index in [1.165, 1.54) is 6.42 Å². The van der Waals surface area contributed by atoms with Gasteiger partial charge in [0, 0.05) is 17.5 Å². The lowest BCUT2D eigenvalue weighted by atomic mass is 10.1. The SMILES string of the molecule is CCCCCCCC(=O)OCC(N)C(=O)Nc1ccc2cnn(-c3cccc(C)c3)c2c1. The standard InChI is InChI=1S/C25H32N4O3/c1-3-4-5-6-7-11-24(30)32-17-22(26)25(31)28-20-13-12-19-16-27-29(23(19)15-20)21-10-8-9-18(2)14-21/h8-10,12-16,22H,3-7,11,17,26H2,1-2H3,(H,28,31). The van der Waals surface area contributed by atoms with E-state index in [2.05, 4.69) is 17.3 Å².